The van der Waals surface area contributed by atoms with Crippen molar-refractivity contribution in [3.05, 3.63) is 82.1 Å². The third kappa shape index (κ3) is 5.43. The molecule has 0 spiro atoms. The Hall–Kier alpha value is -2.70. The van der Waals surface area contributed by atoms with E-state index in [0.29, 0.717) is 35.1 Å². The number of ether oxygens (including phenoxy) is 2. The number of pyridine rings is 1. The van der Waals surface area contributed by atoms with E-state index in [2.05, 4.69) is 26.2 Å². The van der Waals surface area contributed by atoms with Crippen LogP contribution >= 0.6 is 15.9 Å². The van der Waals surface area contributed by atoms with E-state index in [1.165, 1.54) is 0 Å². The molecule has 3 rings (SSSR count). The summed E-state index contributed by atoms with van der Waals surface area (Å²) >= 11 is 3.47. The van der Waals surface area contributed by atoms with Gasteiger partial charge in [-0.1, -0.05) is 18.2 Å². The highest BCUT2D eigenvalue weighted by molar-refractivity contribution is 9.10. The van der Waals surface area contributed by atoms with E-state index >= 15 is 0 Å². The highest BCUT2D eigenvalue weighted by Crippen LogP contribution is 2.30. The maximum Gasteiger partial charge on any atom is 0.257 e. The molecule has 2 aromatic carbocycles. The zero-order chi connectivity index (χ0) is 20.8. The van der Waals surface area contributed by atoms with Crippen molar-refractivity contribution in [2.75, 3.05) is 11.9 Å². The number of rotatable bonds is 7. The van der Waals surface area contributed by atoms with Crippen molar-refractivity contribution < 1.29 is 14.3 Å². The van der Waals surface area contributed by atoms with E-state index < -0.39 is 0 Å². The molecule has 1 atom stereocenters. The largest absolute Gasteiger partial charge is 0.456 e. The highest BCUT2D eigenvalue weighted by atomic mass is 79.9. The van der Waals surface area contributed by atoms with E-state index in [0.717, 1.165) is 10.2 Å². The summed E-state index contributed by atoms with van der Waals surface area (Å²) in [5, 5.41) is 2.91. The van der Waals surface area contributed by atoms with Crippen LogP contribution in [0.25, 0.3) is 0 Å². The Kier molecular flexibility index (Phi) is 7.01. The average molecular weight is 455 g/mol. The number of anilines is 1. The minimum Gasteiger partial charge on any atom is -0.456 e. The summed E-state index contributed by atoms with van der Waals surface area (Å²) in [6.07, 6.45) is -0.109. The van der Waals surface area contributed by atoms with Crippen LogP contribution in [0.5, 0.6) is 11.5 Å². The number of amides is 1. The number of hydrogen-bond donors (Lipinski definition) is 1. The molecule has 1 amide bonds. The van der Waals surface area contributed by atoms with Gasteiger partial charge in [-0.2, -0.15) is 0 Å². The number of aromatic nitrogens is 1. The van der Waals surface area contributed by atoms with Gasteiger partial charge >= 0.3 is 0 Å². The number of benzene rings is 2. The minimum absolute atomic E-state index is 0.109. The smallest absolute Gasteiger partial charge is 0.257 e. The first-order valence-corrected chi connectivity index (χ1v) is 10.2. The summed E-state index contributed by atoms with van der Waals surface area (Å²) < 4.78 is 12.3. The van der Waals surface area contributed by atoms with Crippen LogP contribution in [0.15, 0.2) is 65.1 Å². The molecule has 29 heavy (non-hydrogen) atoms. The van der Waals surface area contributed by atoms with Gasteiger partial charge in [-0.15, -0.1) is 0 Å². The summed E-state index contributed by atoms with van der Waals surface area (Å²) in [7, 11) is 0. The van der Waals surface area contributed by atoms with E-state index in [1.807, 2.05) is 69.3 Å². The van der Waals surface area contributed by atoms with Crippen molar-refractivity contribution in [2.45, 2.75) is 26.9 Å². The van der Waals surface area contributed by atoms with Gasteiger partial charge in [0.2, 0.25) is 0 Å². The van der Waals surface area contributed by atoms with Gasteiger partial charge in [0.15, 0.2) is 0 Å². The number of halogens is 1. The maximum atomic E-state index is 12.7. The van der Waals surface area contributed by atoms with Crippen LogP contribution in [-0.2, 0) is 4.74 Å². The lowest BCUT2D eigenvalue weighted by atomic mass is 10.1. The second kappa shape index (κ2) is 9.67. The Morgan fingerprint density at radius 3 is 2.66 bits per heavy atom. The molecule has 1 heterocycles. The summed E-state index contributed by atoms with van der Waals surface area (Å²) in [4.78, 5) is 17.3. The van der Waals surface area contributed by atoms with Crippen molar-refractivity contribution in [1.82, 2.24) is 4.98 Å². The monoisotopic (exact) mass is 454 g/mol. The third-order valence-electron chi connectivity index (χ3n) is 4.34. The van der Waals surface area contributed by atoms with Crippen molar-refractivity contribution in [2.24, 2.45) is 0 Å². The lowest BCUT2D eigenvalue weighted by Gasteiger charge is -2.14. The van der Waals surface area contributed by atoms with Crippen LogP contribution in [0.3, 0.4) is 0 Å². The van der Waals surface area contributed by atoms with Gasteiger partial charge in [-0.3, -0.25) is 9.78 Å². The molecule has 0 aliphatic carbocycles. The Morgan fingerprint density at radius 1 is 1.14 bits per heavy atom. The fourth-order valence-corrected chi connectivity index (χ4v) is 3.24. The Bertz CT molecular complexity index is 1010. The van der Waals surface area contributed by atoms with Crippen LogP contribution in [-0.4, -0.2) is 17.5 Å². The molecule has 150 valence electrons. The van der Waals surface area contributed by atoms with Crippen molar-refractivity contribution in [3.8, 4) is 11.5 Å². The molecule has 6 heteroatoms. The van der Waals surface area contributed by atoms with Crippen LogP contribution in [0, 0.1) is 6.92 Å². The summed E-state index contributed by atoms with van der Waals surface area (Å²) in [5.74, 6) is 1.11. The number of nitrogens with zero attached hydrogens (tertiary/aromatic N) is 1. The summed E-state index contributed by atoms with van der Waals surface area (Å²) in [6.45, 7) is 6.33. The van der Waals surface area contributed by atoms with E-state index in [-0.39, 0.29) is 12.0 Å². The topological polar surface area (TPSA) is 60.5 Å². The highest BCUT2D eigenvalue weighted by Gasteiger charge is 2.14. The molecule has 1 unspecified atom stereocenters. The Labute approximate surface area is 179 Å². The number of carbonyl (C=O) groups excluding carboxylic acids is 1. The molecule has 5 nitrogen and oxygen atoms in total. The molecule has 0 aliphatic rings. The third-order valence-corrected chi connectivity index (χ3v) is 5.00. The standard InChI is InChI=1S/C23H23BrN2O3/c1-4-28-16(3)21-13-12-19(15(2)25-21)23(27)26-17-8-7-9-18(14-17)29-22-11-6-5-10-20(22)24/h5-14,16H,4H2,1-3H3,(H,26,27). The molecule has 0 fully saturated rings. The lowest BCUT2D eigenvalue weighted by molar-refractivity contribution is 0.0732. The number of aryl methyl sites for hydroxylation is 1. The molecular formula is C23H23BrN2O3. The quantitative estimate of drug-likeness (QED) is 0.455. The van der Waals surface area contributed by atoms with Gasteiger partial charge in [-0.25, -0.2) is 0 Å². The fourth-order valence-electron chi connectivity index (χ4n) is 2.87. The molecule has 0 bridgehead atoms. The van der Waals surface area contributed by atoms with Crippen LogP contribution in [0.1, 0.15) is 41.7 Å². The zero-order valence-corrected chi connectivity index (χ0v) is 18.2. The number of nitrogens with one attached hydrogen (secondary N) is 1. The summed E-state index contributed by atoms with van der Waals surface area (Å²) in [6, 6.07) is 18.5. The molecular weight excluding hydrogens is 432 g/mol. The predicted molar refractivity (Wildman–Crippen MR) is 118 cm³/mol. The van der Waals surface area contributed by atoms with Crippen molar-refractivity contribution >= 4 is 27.5 Å². The molecule has 1 N–H and O–H groups in total. The van der Waals surface area contributed by atoms with Gasteiger partial charge in [0.25, 0.3) is 5.91 Å². The fraction of sp³-hybridized carbons (Fsp3) is 0.217. The SMILES string of the molecule is CCOC(C)c1ccc(C(=O)Nc2cccc(Oc3ccccc3Br)c2)c(C)n1. The lowest BCUT2D eigenvalue weighted by Crippen LogP contribution is -2.15. The first kappa shape index (κ1) is 21.0. The van der Waals surface area contributed by atoms with Crippen LogP contribution in [0.2, 0.25) is 0 Å². The van der Waals surface area contributed by atoms with Crippen LogP contribution < -0.4 is 10.1 Å². The number of carbonyl (C=O) groups is 1. The number of hydrogen-bond acceptors (Lipinski definition) is 4. The molecule has 0 saturated heterocycles. The second-order valence-corrected chi connectivity index (χ2v) is 7.34. The zero-order valence-electron chi connectivity index (χ0n) is 16.6. The van der Waals surface area contributed by atoms with Gasteiger partial charge < -0.3 is 14.8 Å². The molecule has 0 saturated carbocycles. The molecule has 0 aliphatic heterocycles. The number of para-hydroxylation sites is 1. The molecule has 3 aromatic rings. The van der Waals surface area contributed by atoms with E-state index in [1.54, 1.807) is 12.1 Å². The predicted octanol–water partition coefficient (Wildman–Crippen LogP) is 6.29. The summed E-state index contributed by atoms with van der Waals surface area (Å²) in [5.41, 5.74) is 2.64. The maximum absolute atomic E-state index is 12.7. The Morgan fingerprint density at radius 2 is 1.93 bits per heavy atom. The molecule has 0 radical (unpaired) electrons. The van der Waals surface area contributed by atoms with Crippen LogP contribution in [0.4, 0.5) is 5.69 Å². The van der Waals surface area contributed by atoms with E-state index in [4.69, 9.17) is 9.47 Å². The Balaban J connectivity index is 1.73. The van der Waals surface area contributed by atoms with Gasteiger partial charge in [-0.05, 0) is 73.1 Å². The van der Waals surface area contributed by atoms with Gasteiger partial charge in [0.1, 0.15) is 11.5 Å². The first-order chi connectivity index (χ1) is 14.0. The molecule has 1 aromatic heterocycles. The van der Waals surface area contributed by atoms with Gasteiger partial charge in [0, 0.05) is 18.4 Å². The van der Waals surface area contributed by atoms with Gasteiger partial charge in [0.05, 0.1) is 27.5 Å². The van der Waals surface area contributed by atoms with Crippen molar-refractivity contribution in [1.29, 1.82) is 0 Å². The second-order valence-electron chi connectivity index (χ2n) is 6.48. The first-order valence-electron chi connectivity index (χ1n) is 9.41. The normalized spacial score (nSPS) is 11.7. The van der Waals surface area contributed by atoms with Crippen molar-refractivity contribution in [3.63, 3.8) is 0 Å². The van der Waals surface area contributed by atoms with E-state index in [9.17, 15) is 4.79 Å². The minimum atomic E-state index is -0.219. The average Bonchev–Trinajstić information content (AvgIpc) is 2.70.